The summed E-state index contributed by atoms with van der Waals surface area (Å²) in [6.07, 6.45) is 0. The number of fused-ring (bicyclic) bond motifs is 11. The first kappa shape index (κ1) is 32.1. The third kappa shape index (κ3) is 4.47. The summed E-state index contributed by atoms with van der Waals surface area (Å²) >= 11 is 0. The van der Waals surface area contributed by atoms with Gasteiger partial charge in [0.2, 0.25) is 6.71 Å². The lowest BCUT2D eigenvalue weighted by atomic mass is 9.33. The summed E-state index contributed by atoms with van der Waals surface area (Å²) in [6, 6.07) is 81.5. The van der Waals surface area contributed by atoms with Crippen LogP contribution in [0.5, 0.6) is 0 Å². The molecule has 2 heterocycles. The highest BCUT2D eigenvalue weighted by Gasteiger charge is 2.54. The molecular weight excluding hydrogens is 685 g/mol. The van der Waals surface area contributed by atoms with Gasteiger partial charge in [-0.1, -0.05) is 200 Å². The fourth-order valence-corrected chi connectivity index (χ4v) is 10.6. The normalized spacial score (nSPS) is 13.7. The Hall–Kier alpha value is -7.16. The van der Waals surface area contributed by atoms with Crippen LogP contribution in [0.4, 0.5) is 17.1 Å². The molecule has 0 amide bonds. The summed E-state index contributed by atoms with van der Waals surface area (Å²) in [7, 11) is 0. The molecule has 0 bridgehead atoms. The Balaban J connectivity index is 1.23. The van der Waals surface area contributed by atoms with Crippen LogP contribution in [-0.2, 0) is 5.41 Å². The Morgan fingerprint density at radius 2 is 0.772 bits per heavy atom. The molecular formula is C55H36BN. The Kier molecular flexibility index (Phi) is 7.00. The molecule has 12 rings (SSSR count). The number of nitrogens with zero attached hydrogens (tertiary/aromatic N) is 1. The highest BCUT2D eigenvalue weighted by Crippen LogP contribution is 2.63. The van der Waals surface area contributed by atoms with Gasteiger partial charge >= 0.3 is 0 Å². The van der Waals surface area contributed by atoms with Gasteiger partial charge in [-0.15, -0.1) is 0 Å². The molecule has 0 saturated carbocycles. The molecule has 1 spiro atoms. The van der Waals surface area contributed by atoms with Gasteiger partial charge in [-0.05, 0) is 102 Å². The molecule has 2 aliphatic heterocycles. The zero-order valence-corrected chi connectivity index (χ0v) is 31.3. The second-order valence-corrected chi connectivity index (χ2v) is 15.5. The first-order valence-corrected chi connectivity index (χ1v) is 20.0. The monoisotopic (exact) mass is 721 g/mol. The first-order chi connectivity index (χ1) is 28.3. The third-order valence-corrected chi connectivity index (χ3v) is 12.7. The molecule has 264 valence electrons. The molecule has 0 N–H and O–H groups in total. The van der Waals surface area contributed by atoms with Crippen molar-refractivity contribution in [2.45, 2.75) is 5.41 Å². The SMILES string of the molecule is c1ccc(-c2cc(-c3ccccc3)c(B3c4ccccc4N4c5ccccc5C5(c6ccccc6-c6ccccc65)c5cccc3c54)c(-c3ccccc3)c2)cc1. The lowest BCUT2D eigenvalue weighted by Gasteiger charge is -2.49. The van der Waals surface area contributed by atoms with Gasteiger partial charge in [-0.3, -0.25) is 0 Å². The van der Waals surface area contributed by atoms with Crippen molar-refractivity contribution < 1.29 is 0 Å². The van der Waals surface area contributed by atoms with E-state index in [1.54, 1.807) is 0 Å². The van der Waals surface area contributed by atoms with E-state index in [4.69, 9.17) is 0 Å². The van der Waals surface area contributed by atoms with Crippen LogP contribution in [0.2, 0.25) is 0 Å². The molecule has 2 heteroatoms. The Morgan fingerprint density at radius 1 is 0.316 bits per heavy atom. The second-order valence-electron chi connectivity index (χ2n) is 15.5. The predicted molar refractivity (Wildman–Crippen MR) is 239 cm³/mol. The van der Waals surface area contributed by atoms with E-state index < -0.39 is 5.41 Å². The summed E-state index contributed by atoms with van der Waals surface area (Å²) in [6.45, 7) is -0.0585. The maximum atomic E-state index is 2.59. The number of para-hydroxylation sites is 3. The van der Waals surface area contributed by atoms with Crippen molar-refractivity contribution in [1.29, 1.82) is 0 Å². The Morgan fingerprint density at radius 3 is 1.39 bits per heavy atom. The second kappa shape index (κ2) is 12.4. The van der Waals surface area contributed by atoms with Crippen molar-refractivity contribution in [2.24, 2.45) is 0 Å². The molecule has 9 aromatic rings. The van der Waals surface area contributed by atoms with Crippen LogP contribution >= 0.6 is 0 Å². The topological polar surface area (TPSA) is 3.24 Å². The molecule has 1 aliphatic carbocycles. The minimum Gasteiger partial charge on any atom is -0.311 e. The van der Waals surface area contributed by atoms with Gasteiger partial charge in [0, 0.05) is 11.4 Å². The van der Waals surface area contributed by atoms with Gasteiger partial charge in [0.15, 0.2) is 0 Å². The van der Waals surface area contributed by atoms with Gasteiger partial charge in [0.1, 0.15) is 0 Å². The number of anilines is 3. The van der Waals surface area contributed by atoms with E-state index in [0.29, 0.717) is 0 Å². The fourth-order valence-electron chi connectivity index (χ4n) is 10.6. The van der Waals surface area contributed by atoms with E-state index in [2.05, 4.69) is 223 Å². The lowest BCUT2D eigenvalue weighted by Crippen LogP contribution is -2.59. The summed E-state index contributed by atoms with van der Waals surface area (Å²) in [4.78, 5) is 2.59. The van der Waals surface area contributed by atoms with Crippen LogP contribution in [0.15, 0.2) is 218 Å². The molecule has 0 atom stereocenters. The van der Waals surface area contributed by atoms with Crippen LogP contribution in [0, 0.1) is 0 Å². The average molecular weight is 722 g/mol. The maximum absolute atomic E-state index is 2.59. The van der Waals surface area contributed by atoms with Crippen molar-refractivity contribution in [3.05, 3.63) is 241 Å². The third-order valence-electron chi connectivity index (χ3n) is 12.7. The predicted octanol–water partition coefficient (Wildman–Crippen LogP) is 11.7. The van der Waals surface area contributed by atoms with Crippen molar-refractivity contribution >= 4 is 40.2 Å². The number of benzene rings is 9. The summed E-state index contributed by atoms with van der Waals surface area (Å²) in [5, 5.41) is 0. The minimum atomic E-state index is -0.482. The number of hydrogen-bond acceptors (Lipinski definition) is 1. The smallest absolute Gasteiger partial charge is 0.248 e. The standard InChI is InChI=1S/C55H36BN/c1-4-19-37(20-5-1)40-35-43(38-21-6-2-7-22-38)53(44(36-40)39-23-8-3-9-24-39)56-49-31-15-17-34-52(49)57-51-33-16-14-29-47(51)55(48-30-18-32-50(56)54(48)57)45-27-12-10-25-41(45)42-26-11-13-28-46(42)55/h1-36H. The van der Waals surface area contributed by atoms with Crippen molar-refractivity contribution in [1.82, 2.24) is 0 Å². The van der Waals surface area contributed by atoms with E-state index >= 15 is 0 Å². The molecule has 0 radical (unpaired) electrons. The highest BCUT2D eigenvalue weighted by molar-refractivity contribution is 6.99. The minimum absolute atomic E-state index is 0.0585. The number of hydrogen-bond donors (Lipinski definition) is 0. The summed E-state index contributed by atoms with van der Waals surface area (Å²) in [5.41, 5.74) is 22.6. The fraction of sp³-hybridized carbons (Fsp3) is 0.0182. The van der Waals surface area contributed by atoms with Crippen LogP contribution < -0.4 is 21.3 Å². The maximum Gasteiger partial charge on any atom is 0.248 e. The molecule has 9 aromatic carbocycles. The van der Waals surface area contributed by atoms with E-state index in [-0.39, 0.29) is 6.71 Å². The highest BCUT2D eigenvalue weighted by atomic mass is 15.2. The van der Waals surface area contributed by atoms with Gasteiger partial charge in [-0.25, -0.2) is 0 Å². The molecule has 0 unspecified atom stereocenters. The first-order valence-electron chi connectivity index (χ1n) is 20.0. The Labute approximate surface area is 334 Å². The Bertz CT molecular complexity index is 2920. The molecule has 0 aromatic heterocycles. The molecule has 0 saturated heterocycles. The molecule has 57 heavy (non-hydrogen) atoms. The van der Waals surface area contributed by atoms with Crippen LogP contribution in [0.1, 0.15) is 22.3 Å². The zero-order valence-electron chi connectivity index (χ0n) is 31.3. The van der Waals surface area contributed by atoms with Crippen LogP contribution in [0.3, 0.4) is 0 Å². The number of rotatable bonds is 4. The molecule has 3 aliphatic rings. The summed E-state index contributed by atoms with van der Waals surface area (Å²) < 4.78 is 0. The van der Waals surface area contributed by atoms with Gasteiger partial charge in [0.05, 0.1) is 11.1 Å². The van der Waals surface area contributed by atoms with E-state index in [9.17, 15) is 0 Å². The molecule has 0 fully saturated rings. The van der Waals surface area contributed by atoms with Gasteiger partial charge in [0.25, 0.3) is 0 Å². The molecule has 1 nitrogen and oxygen atoms in total. The average Bonchev–Trinajstić information content (AvgIpc) is 3.59. The zero-order chi connectivity index (χ0) is 37.5. The van der Waals surface area contributed by atoms with Gasteiger partial charge in [-0.2, -0.15) is 0 Å². The van der Waals surface area contributed by atoms with Crippen molar-refractivity contribution in [3.8, 4) is 44.5 Å². The van der Waals surface area contributed by atoms with Crippen LogP contribution in [-0.4, -0.2) is 6.71 Å². The van der Waals surface area contributed by atoms with Crippen molar-refractivity contribution in [2.75, 3.05) is 4.90 Å². The largest absolute Gasteiger partial charge is 0.311 e. The van der Waals surface area contributed by atoms with E-state index in [1.807, 2.05) is 0 Å². The van der Waals surface area contributed by atoms with Crippen LogP contribution in [0.25, 0.3) is 44.5 Å². The van der Waals surface area contributed by atoms with E-state index in [1.165, 1.54) is 100 Å². The van der Waals surface area contributed by atoms with E-state index in [0.717, 1.165) is 0 Å². The van der Waals surface area contributed by atoms with Gasteiger partial charge < -0.3 is 4.90 Å². The summed E-state index contributed by atoms with van der Waals surface area (Å²) in [5.74, 6) is 0. The quantitative estimate of drug-likeness (QED) is 0.164. The van der Waals surface area contributed by atoms with Crippen molar-refractivity contribution in [3.63, 3.8) is 0 Å². The lowest BCUT2D eigenvalue weighted by molar-refractivity contribution is 0.753.